The highest BCUT2D eigenvalue weighted by Crippen LogP contribution is 2.42. The minimum absolute atomic E-state index is 0.101. The highest BCUT2D eigenvalue weighted by molar-refractivity contribution is 7.92. The minimum Gasteiger partial charge on any atom is -0.351 e. The standard InChI is InChI=1S/C22H25N5O2S2/c1-15(2)26-13-11-16(14-26)21-20(19-6-4-5-12-23-19)24-22(30)27(21)18-9-7-17(8-10-18)25-31(3,28)29/h4-15,20-21,25H,1-3H3,(H,24,30)/t20-,21-/m0/s1. The molecule has 162 valence electrons. The van der Waals surface area contributed by atoms with Gasteiger partial charge in [-0.3, -0.25) is 9.71 Å². The Morgan fingerprint density at radius 3 is 2.45 bits per heavy atom. The zero-order chi connectivity index (χ0) is 22.2. The highest BCUT2D eigenvalue weighted by Gasteiger charge is 2.41. The molecule has 3 aromatic rings. The Labute approximate surface area is 188 Å². The van der Waals surface area contributed by atoms with Gasteiger partial charge >= 0.3 is 0 Å². The first-order valence-corrected chi connectivity index (χ1v) is 12.3. The van der Waals surface area contributed by atoms with Crippen molar-refractivity contribution in [2.75, 3.05) is 15.9 Å². The summed E-state index contributed by atoms with van der Waals surface area (Å²) in [5.41, 5.74) is 3.41. The molecule has 1 aromatic carbocycles. The van der Waals surface area contributed by atoms with Crippen molar-refractivity contribution in [3.8, 4) is 0 Å². The fraction of sp³-hybridized carbons (Fsp3) is 0.273. The Balaban J connectivity index is 1.74. The van der Waals surface area contributed by atoms with Gasteiger partial charge in [0.15, 0.2) is 5.11 Å². The maximum absolute atomic E-state index is 11.5. The molecule has 1 saturated heterocycles. The summed E-state index contributed by atoms with van der Waals surface area (Å²) in [5.74, 6) is 0. The monoisotopic (exact) mass is 455 g/mol. The van der Waals surface area contributed by atoms with E-state index in [1.165, 1.54) is 0 Å². The van der Waals surface area contributed by atoms with Crippen LogP contribution in [0.1, 0.15) is 43.2 Å². The summed E-state index contributed by atoms with van der Waals surface area (Å²) >= 11 is 5.72. The van der Waals surface area contributed by atoms with E-state index in [1.54, 1.807) is 18.3 Å². The molecule has 0 spiro atoms. The Morgan fingerprint density at radius 1 is 1.13 bits per heavy atom. The number of benzene rings is 1. The molecular formula is C22H25N5O2S2. The highest BCUT2D eigenvalue weighted by atomic mass is 32.2. The number of nitrogens with zero attached hydrogens (tertiary/aromatic N) is 3. The van der Waals surface area contributed by atoms with Crippen LogP contribution in [-0.2, 0) is 10.0 Å². The number of hydrogen-bond acceptors (Lipinski definition) is 4. The lowest BCUT2D eigenvalue weighted by molar-refractivity contribution is 0.560. The van der Waals surface area contributed by atoms with E-state index in [0.29, 0.717) is 16.8 Å². The number of thiocarbonyl (C=S) groups is 1. The van der Waals surface area contributed by atoms with Crippen LogP contribution in [0.15, 0.2) is 67.1 Å². The lowest BCUT2D eigenvalue weighted by Crippen LogP contribution is -2.29. The van der Waals surface area contributed by atoms with Crippen LogP contribution < -0.4 is 14.9 Å². The molecule has 1 aliphatic rings. The van der Waals surface area contributed by atoms with Crippen molar-refractivity contribution in [3.63, 3.8) is 0 Å². The van der Waals surface area contributed by atoms with E-state index in [4.69, 9.17) is 12.2 Å². The third-order valence-corrected chi connectivity index (χ3v) is 6.14. The molecule has 0 unspecified atom stereocenters. The van der Waals surface area contributed by atoms with Crippen LogP contribution in [0.25, 0.3) is 0 Å². The fourth-order valence-corrected chi connectivity index (χ4v) is 4.71. The topological polar surface area (TPSA) is 79.3 Å². The largest absolute Gasteiger partial charge is 0.351 e. The first-order valence-electron chi connectivity index (χ1n) is 9.99. The van der Waals surface area contributed by atoms with Gasteiger partial charge < -0.3 is 14.8 Å². The SMILES string of the molecule is CC(C)n1ccc([C@H]2[C@H](c3ccccn3)NC(=S)N2c2ccc(NS(C)(=O)=O)cc2)c1. The van der Waals surface area contributed by atoms with Crippen molar-refractivity contribution in [2.24, 2.45) is 0 Å². The molecule has 0 bridgehead atoms. The number of hydrogen-bond donors (Lipinski definition) is 2. The summed E-state index contributed by atoms with van der Waals surface area (Å²) in [4.78, 5) is 6.63. The van der Waals surface area contributed by atoms with Gasteiger partial charge in [-0.25, -0.2) is 8.42 Å². The van der Waals surface area contributed by atoms with Crippen LogP contribution >= 0.6 is 12.2 Å². The van der Waals surface area contributed by atoms with E-state index in [-0.39, 0.29) is 12.1 Å². The van der Waals surface area contributed by atoms with Crippen LogP contribution in [-0.4, -0.2) is 29.3 Å². The van der Waals surface area contributed by atoms with Crippen molar-refractivity contribution in [3.05, 3.63) is 78.4 Å². The number of aromatic nitrogens is 2. The Hall–Kier alpha value is -2.91. The summed E-state index contributed by atoms with van der Waals surface area (Å²) in [7, 11) is -3.34. The van der Waals surface area contributed by atoms with E-state index in [2.05, 4.69) is 56.8 Å². The van der Waals surface area contributed by atoms with Gasteiger partial charge in [0, 0.05) is 36.0 Å². The maximum atomic E-state index is 11.5. The van der Waals surface area contributed by atoms with Gasteiger partial charge in [-0.15, -0.1) is 0 Å². The summed E-state index contributed by atoms with van der Waals surface area (Å²) in [6, 6.07) is 15.3. The molecule has 0 radical (unpaired) electrons. The second-order valence-corrected chi connectivity index (χ2v) is 10.0. The van der Waals surface area contributed by atoms with E-state index in [0.717, 1.165) is 23.2 Å². The molecule has 1 aliphatic heterocycles. The number of sulfonamides is 1. The molecule has 31 heavy (non-hydrogen) atoms. The molecule has 1 fully saturated rings. The molecule has 0 aliphatic carbocycles. The molecule has 4 rings (SSSR count). The van der Waals surface area contributed by atoms with Crippen LogP contribution in [0.4, 0.5) is 11.4 Å². The van der Waals surface area contributed by atoms with Gasteiger partial charge in [-0.05, 0) is 74.1 Å². The number of nitrogens with one attached hydrogen (secondary N) is 2. The zero-order valence-electron chi connectivity index (χ0n) is 17.6. The van der Waals surface area contributed by atoms with Gasteiger partial charge in [-0.1, -0.05) is 6.07 Å². The number of rotatable bonds is 6. The lowest BCUT2D eigenvalue weighted by atomic mass is 9.98. The summed E-state index contributed by atoms with van der Waals surface area (Å²) in [6.07, 6.45) is 7.14. The second kappa shape index (κ2) is 8.32. The van der Waals surface area contributed by atoms with Gasteiger partial charge in [-0.2, -0.15) is 0 Å². The van der Waals surface area contributed by atoms with E-state index < -0.39 is 10.0 Å². The third kappa shape index (κ3) is 4.57. The summed E-state index contributed by atoms with van der Waals surface area (Å²) in [6.45, 7) is 4.28. The van der Waals surface area contributed by atoms with Gasteiger partial charge in [0.2, 0.25) is 10.0 Å². The number of pyridine rings is 1. The van der Waals surface area contributed by atoms with Crippen molar-refractivity contribution in [1.82, 2.24) is 14.9 Å². The number of anilines is 2. The predicted molar refractivity (Wildman–Crippen MR) is 128 cm³/mol. The van der Waals surface area contributed by atoms with Crippen LogP contribution in [0.2, 0.25) is 0 Å². The Kier molecular flexibility index (Phi) is 5.72. The van der Waals surface area contributed by atoms with Crippen molar-refractivity contribution in [1.29, 1.82) is 0 Å². The fourth-order valence-electron chi connectivity index (χ4n) is 3.80. The molecule has 9 heteroatoms. The van der Waals surface area contributed by atoms with Gasteiger partial charge in [0.25, 0.3) is 0 Å². The van der Waals surface area contributed by atoms with Gasteiger partial charge in [0.1, 0.15) is 0 Å². The molecule has 0 saturated carbocycles. The molecule has 2 N–H and O–H groups in total. The Bertz CT molecular complexity index is 1170. The average Bonchev–Trinajstić information content (AvgIpc) is 3.33. The zero-order valence-corrected chi connectivity index (χ0v) is 19.2. The predicted octanol–water partition coefficient (Wildman–Crippen LogP) is 4.01. The van der Waals surface area contributed by atoms with Crippen molar-refractivity contribution < 1.29 is 8.42 Å². The first kappa shape index (κ1) is 21.3. The van der Waals surface area contributed by atoms with Crippen molar-refractivity contribution in [2.45, 2.75) is 32.0 Å². The van der Waals surface area contributed by atoms with E-state index >= 15 is 0 Å². The van der Waals surface area contributed by atoms with Crippen LogP contribution in [0.5, 0.6) is 0 Å². The van der Waals surface area contributed by atoms with E-state index in [1.807, 2.05) is 30.3 Å². The maximum Gasteiger partial charge on any atom is 0.229 e. The normalized spacial score (nSPS) is 19.0. The molecular weight excluding hydrogens is 430 g/mol. The summed E-state index contributed by atoms with van der Waals surface area (Å²) < 4.78 is 27.7. The van der Waals surface area contributed by atoms with Gasteiger partial charge in [0.05, 0.1) is 24.0 Å². The molecule has 2 atom stereocenters. The molecule has 0 amide bonds. The quantitative estimate of drug-likeness (QED) is 0.547. The van der Waals surface area contributed by atoms with Crippen LogP contribution in [0, 0.1) is 0 Å². The minimum atomic E-state index is -3.34. The smallest absolute Gasteiger partial charge is 0.229 e. The molecule has 7 nitrogen and oxygen atoms in total. The van der Waals surface area contributed by atoms with E-state index in [9.17, 15) is 8.42 Å². The third-order valence-electron chi connectivity index (χ3n) is 5.22. The Morgan fingerprint density at radius 2 is 1.87 bits per heavy atom. The van der Waals surface area contributed by atoms with Crippen molar-refractivity contribution >= 4 is 38.7 Å². The molecule has 2 aromatic heterocycles. The average molecular weight is 456 g/mol. The van der Waals surface area contributed by atoms with Crippen LogP contribution in [0.3, 0.4) is 0 Å². The molecule has 3 heterocycles. The first-order chi connectivity index (χ1) is 14.7. The summed E-state index contributed by atoms with van der Waals surface area (Å²) in [5, 5.41) is 4.03. The second-order valence-electron chi connectivity index (χ2n) is 7.90. The lowest BCUT2D eigenvalue weighted by Gasteiger charge is -2.27.